The number of tetrazole rings is 1. The Balaban J connectivity index is 1.45. The van der Waals surface area contributed by atoms with Gasteiger partial charge in [0.05, 0.1) is 24.4 Å². The minimum absolute atomic E-state index is 0.0875. The van der Waals surface area contributed by atoms with Crippen LogP contribution in [0.4, 0.5) is 0 Å². The number of esters is 1. The van der Waals surface area contributed by atoms with Crippen LogP contribution in [0, 0.1) is 35.5 Å². The number of allylic oxidation sites excluding steroid dienone is 6. The minimum atomic E-state index is -2.43. The first kappa shape index (κ1) is 56.7. The van der Waals surface area contributed by atoms with Crippen molar-refractivity contribution >= 4 is 29.2 Å². The monoisotopic (exact) mass is 980 g/mol. The van der Waals surface area contributed by atoms with Gasteiger partial charge in [-0.1, -0.05) is 71.1 Å². The Morgan fingerprint density at radius 1 is 0.871 bits per heavy atom. The molecule has 390 valence electrons. The van der Waals surface area contributed by atoms with Crippen LogP contribution in [0.3, 0.4) is 0 Å². The first-order valence-corrected chi connectivity index (χ1v) is 25.5. The maximum absolute atomic E-state index is 14.5. The van der Waals surface area contributed by atoms with Crippen LogP contribution >= 0.6 is 0 Å². The van der Waals surface area contributed by atoms with Crippen molar-refractivity contribution in [2.24, 2.45) is 35.5 Å². The molecule has 5 rings (SSSR count). The van der Waals surface area contributed by atoms with Gasteiger partial charge in [-0.25, -0.2) is 4.79 Å². The number of hydrogen-bond acceptors (Lipinski definition) is 15. The molecular formula is C53H81N5O12. The Kier molecular flexibility index (Phi) is 21.4. The first-order valence-electron chi connectivity index (χ1n) is 25.5. The Morgan fingerprint density at radius 3 is 2.31 bits per heavy atom. The number of aliphatic hydroxyl groups is 2. The van der Waals surface area contributed by atoms with Crippen molar-refractivity contribution in [2.45, 2.75) is 186 Å². The number of piperidine rings is 1. The number of aliphatic hydroxyl groups excluding tert-OH is 1. The molecule has 1 amide bonds. The standard InChI is InChI=1S/C53H81N5O12/c1-32-16-12-11-13-17-33(2)44(66-8)29-40-23-21-38(7)53(65,70-40)50(62)51(63)57-25-15-14-18-42(57)52(64)69-45(36(5)27-39-22-24-41(46(28-39)67-9)58-55-31-54-56-58)30-43(59)35(4)26-37(6)48(61)49(68-10)47(60)34(3)20-19-32/h11-13,16-17,26,31-32,34-36,38-42,44-46,48-49,61,65H,14-15,18-25,27-30H2,1-10H3/b13-11+,16-12+,33-17+,37-26+/t32-,34-,35-,36-,38-,39+,40+,41+,42+,44+,45+,46-,48-,49+,53-/m1/s1. The molecule has 1 aliphatic carbocycles. The van der Waals surface area contributed by atoms with Gasteiger partial charge in [-0.15, -0.1) is 10.2 Å². The molecule has 2 bridgehead atoms. The summed E-state index contributed by atoms with van der Waals surface area (Å²) in [5, 5.41) is 35.7. The maximum Gasteiger partial charge on any atom is 0.329 e. The molecule has 0 radical (unpaired) electrons. The summed E-state index contributed by atoms with van der Waals surface area (Å²) in [6.45, 7) is 12.9. The minimum Gasteiger partial charge on any atom is -0.460 e. The largest absolute Gasteiger partial charge is 0.460 e. The van der Waals surface area contributed by atoms with Crippen molar-refractivity contribution in [3.63, 3.8) is 0 Å². The van der Waals surface area contributed by atoms with Crippen LogP contribution in [0.1, 0.15) is 138 Å². The van der Waals surface area contributed by atoms with Gasteiger partial charge in [-0.3, -0.25) is 19.2 Å². The van der Waals surface area contributed by atoms with Gasteiger partial charge in [0.15, 0.2) is 12.1 Å². The van der Waals surface area contributed by atoms with Crippen molar-refractivity contribution < 1.29 is 57.9 Å². The van der Waals surface area contributed by atoms with Gasteiger partial charge in [0.1, 0.15) is 30.1 Å². The number of amides is 1. The lowest BCUT2D eigenvalue weighted by atomic mass is 9.77. The third-order valence-corrected chi connectivity index (χ3v) is 15.5. The number of aromatic nitrogens is 4. The van der Waals surface area contributed by atoms with Crippen molar-refractivity contribution in [1.82, 2.24) is 25.1 Å². The van der Waals surface area contributed by atoms with Gasteiger partial charge in [0.2, 0.25) is 5.79 Å². The van der Waals surface area contributed by atoms with Gasteiger partial charge in [-0.2, -0.15) is 4.80 Å². The molecule has 17 nitrogen and oxygen atoms in total. The van der Waals surface area contributed by atoms with Crippen LogP contribution in [0.25, 0.3) is 0 Å². The number of carbonyl (C=O) groups excluding carboxylic acids is 5. The second kappa shape index (κ2) is 26.4. The quantitative estimate of drug-likeness (QED) is 0.171. The Hall–Kier alpha value is -4.26. The van der Waals surface area contributed by atoms with Crippen LogP contribution in [-0.4, -0.2) is 141 Å². The molecule has 2 N–H and O–H groups in total. The Labute approximate surface area is 414 Å². The molecule has 1 aromatic heterocycles. The van der Waals surface area contributed by atoms with E-state index in [1.165, 1.54) is 18.3 Å². The molecule has 3 fully saturated rings. The number of ether oxygens (including phenoxy) is 5. The summed E-state index contributed by atoms with van der Waals surface area (Å²) in [5.74, 6) is -7.72. The number of Topliss-reactive ketones (excluding diaryl/α,β-unsaturated/α-hetero) is 3. The van der Waals surface area contributed by atoms with E-state index in [-0.39, 0.29) is 60.9 Å². The molecule has 4 aliphatic rings. The van der Waals surface area contributed by atoms with E-state index in [9.17, 15) is 34.2 Å². The van der Waals surface area contributed by atoms with E-state index in [0.717, 1.165) is 24.8 Å². The molecule has 1 saturated carbocycles. The highest BCUT2D eigenvalue weighted by Crippen LogP contribution is 2.39. The smallest absolute Gasteiger partial charge is 0.329 e. The summed E-state index contributed by atoms with van der Waals surface area (Å²) in [7, 11) is 4.63. The lowest BCUT2D eigenvalue weighted by molar-refractivity contribution is -0.265. The van der Waals surface area contributed by atoms with Gasteiger partial charge in [0.25, 0.3) is 11.7 Å². The van der Waals surface area contributed by atoms with Crippen molar-refractivity contribution in [2.75, 3.05) is 27.9 Å². The summed E-state index contributed by atoms with van der Waals surface area (Å²) in [5.41, 5.74) is 1.29. The fourth-order valence-electron chi connectivity index (χ4n) is 10.7. The second-order valence-electron chi connectivity index (χ2n) is 20.7. The molecule has 2 saturated heterocycles. The summed E-state index contributed by atoms with van der Waals surface area (Å²) >= 11 is 0. The van der Waals surface area contributed by atoms with Crippen LogP contribution in [0.5, 0.6) is 0 Å². The fraction of sp³-hybridized carbons (Fsp3) is 0.736. The van der Waals surface area contributed by atoms with E-state index in [1.54, 1.807) is 45.9 Å². The van der Waals surface area contributed by atoms with Crippen molar-refractivity contribution in [1.29, 1.82) is 0 Å². The number of rotatable bonds is 7. The highest BCUT2D eigenvalue weighted by atomic mass is 16.6. The van der Waals surface area contributed by atoms with E-state index in [2.05, 4.69) is 28.4 Å². The first-order chi connectivity index (χ1) is 33.3. The van der Waals surface area contributed by atoms with Crippen molar-refractivity contribution in [3.05, 3.63) is 53.9 Å². The van der Waals surface area contributed by atoms with Crippen LogP contribution in [-0.2, 0) is 47.7 Å². The number of fused-ring (bicyclic) bond motifs is 3. The van der Waals surface area contributed by atoms with Crippen LogP contribution in [0.15, 0.2) is 53.9 Å². The van der Waals surface area contributed by atoms with Gasteiger partial charge < -0.3 is 38.8 Å². The average Bonchev–Trinajstić information content (AvgIpc) is 3.90. The maximum atomic E-state index is 14.5. The predicted octanol–water partition coefficient (Wildman–Crippen LogP) is 6.44. The third kappa shape index (κ3) is 14.5. The topological polar surface area (TPSA) is 219 Å². The van der Waals surface area contributed by atoms with E-state index in [0.29, 0.717) is 56.9 Å². The summed E-state index contributed by atoms with van der Waals surface area (Å²) < 4.78 is 29.9. The van der Waals surface area contributed by atoms with Gasteiger partial charge in [-0.05, 0) is 119 Å². The molecule has 17 heteroatoms. The molecule has 0 unspecified atom stereocenters. The molecule has 70 heavy (non-hydrogen) atoms. The highest BCUT2D eigenvalue weighted by Gasteiger charge is 2.53. The van der Waals surface area contributed by atoms with E-state index in [1.807, 2.05) is 45.1 Å². The zero-order valence-electron chi connectivity index (χ0n) is 43.2. The molecule has 1 aromatic rings. The SMILES string of the molecule is CO[C@H]1C[C@@H]2CC[C@@H](C)[C@@](O)(O2)C(=O)C(=O)N2CCCC[C@H]2C(=O)O[C@H]([C@H](C)C[C@@H]2CC[C@H](n3ncnn3)[C@H](OC)C2)CC(=O)[C@H](C)/C=C(\C)[C@@H](O)[C@@H](OC)C(=O)[C@H](C)CC[C@H](C)/C=C/C=C/C=C/1C. The zero-order valence-corrected chi connectivity index (χ0v) is 43.2. The Bertz CT molecular complexity index is 2040. The summed E-state index contributed by atoms with van der Waals surface area (Å²) in [6, 6.07) is -1.24. The lowest BCUT2D eigenvalue weighted by Gasteiger charge is -2.42. The Morgan fingerprint density at radius 2 is 1.63 bits per heavy atom. The number of nitrogens with zero attached hydrogens (tertiary/aromatic N) is 5. The third-order valence-electron chi connectivity index (χ3n) is 15.5. The fourth-order valence-corrected chi connectivity index (χ4v) is 10.7. The average molecular weight is 980 g/mol. The van der Waals surface area contributed by atoms with E-state index in [4.69, 9.17) is 23.7 Å². The highest BCUT2D eigenvalue weighted by molar-refractivity contribution is 6.39. The number of ketones is 3. The van der Waals surface area contributed by atoms with Gasteiger partial charge >= 0.3 is 5.97 Å². The molecule has 0 aromatic carbocycles. The molecule has 4 heterocycles. The van der Waals surface area contributed by atoms with E-state index >= 15 is 0 Å². The normalized spacial score (nSPS) is 38.5. The molecule has 0 spiro atoms. The number of cyclic esters (lactones) is 1. The molecule has 15 atom stereocenters. The number of hydrogen-bond donors (Lipinski definition) is 2. The molecular weight excluding hydrogens is 899 g/mol. The van der Waals surface area contributed by atoms with Crippen LogP contribution in [0.2, 0.25) is 0 Å². The van der Waals surface area contributed by atoms with Crippen molar-refractivity contribution in [3.8, 4) is 0 Å². The molecule has 3 aliphatic heterocycles. The van der Waals surface area contributed by atoms with Crippen LogP contribution < -0.4 is 0 Å². The van der Waals surface area contributed by atoms with E-state index < -0.39 is 77.8 Å². The number of carbonyl (C=O) groups is 5. The number of methoxy groups -OCH3 is 3. The second-order valence-corrected chi connectivity index (χ2v) is 20.7. The summed E-state index contributed by atoms with van der Waals surface area (Å²) in [4.78, 5) is 73.9. The van der Waals surface area contributed by atoms with Gasteiger partial charge in [0, 0.05) is 58.5 Å². The summed E-state index contributed by atoms with van der Waals surface area (Å²) in [6.07, 6.45) is 14.7. The lowest BCUT2D eigenvalue weighted by Crippen LogP contribution is -2.61. The predicted molar refractivity (Wildman–Crippen MR) is 261 cm³/mol. The zero-order chi connectivity index (χ0) is 51.3.